The first-order valence-electron chi connectivity index (χ1n) is 9.01. The van der Waals surface area contributed by atoms with Crippen molar-refractivity contribution in [3.05, 3.63) is 22.4 Å². The van der Waals surface area contributed by atoms with E-state index in [4.69, 9.17) is 9.73 Å². The molecule has 1 aliphatic heterocycles. The first kappa shape index (κ1) is 22.7. The van der Waals surface area contributed by atoms with Crippen molar-refractivity contribution in [3.8, 4) is 0 Å². The maximum atomic E-state index is 5.51. The van der Waals surface area contributed by atoms with Gasteiger partial charge in [-0.1, -0.05) is 19.9 Å². The van der Waals surface area contributed by atoms with Crippen LogP contribution in [0.5, 0.6) is 0 Å². The number of aliphatic imine (C=N–C) groups is 1. The molecule has 2 unspecified atom stereocenters. The minimum Gasteiger partial charge on any atom is -0.379 e. The van der Waals surface area contributed by atoms with Crippen molar-refractivity contribution in [2.45, 2.75) is 39.8 Å². The zero-order valence-electron chi connectivity index (χ0n) is 15.8. The summed E-state index contributed by atoms with van der Waals surface area (Å²) in [7, 11) is 0. The van der Waals surface area contributed by atoms with E-state index in [1.807, 2.05) is 11.3 Å². The zero-order valence-corrected chi connectivity index (χ0v) is 19.0. The van der Waals surface area contributed by atoms with Crippen LogP contribution in [-0.2, 0) is 4.74 Å². The smallest absolute Gasteiger partial charge is 0.191 e. The van der Waals surface area contributed by atoms with E-state index in [0.717, 1.165) is 45.4 Å². The van der Waals surface area contributed by atoms with Gasteiger partial charge in [-0.05, 0) is 31.2 Å². The molecule has 7 heteroatoms. The van der Waals surface area contributed by atoms with Gasteiger partial charge in [0.2, 0.25) is 0 Å². The number of morpholine rings is 1. The lowest BCUT2D eigenvalue weighted by Crippen LogP contribution is -2.45. The summed E-state index contributed by atoms with van der Waals surface area (Å²) in [5.41, 5.74) is 0. The third-order valence-electron chi connectivity index (χ3n) is 4.49. The Balaban J connectivity index is 0.00000312. The fraction of sp³-hybridized carbons (Fsp3) is 0.722. The van der Waals surface area contributed by atoms with Gasteiger partial charge in [-0.15, -0.1) is 35.3 Å². The van der Waals surface area contributed by atoms with Gasteiger partial charge in [0.25, 0.3) is 0 Å². The summed E-state index contributed by atoms with van der Waals surface area (Å²) < 4.78 is 5.51. The predicted octanol–water partition coefficient (Wildman–Crippen LogP) is 3.34. The number of nitrogens with zero attached hydrogens (tertiary/aromatic N) is 2. The Morgan fingerprint density at radius 3 is 2.60 bits per heavy atom. The molecule has 2 rings (SSSR count). The molecule has 1 aliphatic rings. The fourth-order valence-corrected chi connectivity index (χ4v) is 3.49. The van der Waals surface area contributed by atoms with E-state index in [9.17, 15) is 0 Å². The van der Waals surface area contributed by atoms with E-state index in [2.05, 4.69) is 60.7 Å². The normalized spacial score (nSPS) is 18.5. The van der Waals surface area contributed by atoms with Gasteiger partial charge in [0, 0.05) is 30.6 Å². The highest BCUT2D eigenvalue weighted by molar-refractivity contribution is 14.0. The van der Waals surface area contributed by atoms with Gasteiger partial charge < -0.3 is 15.4 Å². The van der Waals surface area contributed by atoms with Crippen LogP contribution in [0.1, 0.15) is 38.6 Å². The van der Waals surface area contributed by atoms with Crippen molar-refractivity contribution in [1.29, 1.82) is 0 Å². The molecule has 1 aromatic heterocycles. The summed E-state index contributed by atoms with van der Waals surface area (Å²) in [5, 5.41) is 9.04. The monoisotopic (exact) mass is 480 g/mol. The largest absolute Gasteiger partial charge is 0.379 e. The van der Waals surface area contributed by atoms with Crippen LogP contribution in [0.2, 0.25) is 0 Å². The third kappa shape index (κ3) is 7.40. The molecular formula is C18H33IN4OS. The minimum atomic E-state index is 0. The molecule has 0 spiro atoms. The van der Waals surface area contributed by atoms with E-state index in [0.29, 0.717) is 18.0 Å². The highest BCUT2D eigenvalue weighted by Gasteiger charge is 2.23. The fourth-order valence-electron chi connectivity index (χ4n) is 2.64. The SMILES string of the molecule is CCNC(=NCC(c1cccs1)N1CCOCC1)NC(C)C(C)C.I. The average Bonchev–Trinajstić information content (AvgIpc) is 3.10. The topological polar surface area (TPSA) is 48.9 Å². The van der Waals surface area contributed by atoms with Crippen molar-refractivity contribution in [2.24, 2.45) is 10.9 Å². The highest BCUT2D eigenvalue weighted by Crippen LogP contribution is 2.26. The Bertz CT molecular complexity index is 489. The molecule has 144 valence electrons. The van der Waals surface area contributed by atoms with Crippen LogP contribution in [0.15, 0.2) is 22.5 Å². The van der Waals surface area contributed by atoms with Gasteiger partial charge in [0.05, 0.1) is 25.8 Å². The number of guanidine groups is 1. The van der Waals surface area contributed by atoms with E-state index < -0.39 is 0 Å². The Hall–Kier alpha value is -0.380. The zero-order chi connectivity index (χ0) is 17.4. The molecule has 0 aliphatic carbocycles. The molecular weight excluding hydrogens is 447 g/mol. The molecule has 0 aromatic carbocycles. The quantitative estimate of drug-likeness (QED) is 0.357. The molecule has 0 amide bonds. The first-order valence-corrected chi connectivity index (χ1v) is 9.89. The maximum Gasteiger partial charge on any atom is 0.191 e. The molecule has 0 saturated carbocycles. The van der Waals surface area contributed by atoms with Crippen LogP contribution in [0.25, 0.3) is 0 Å². The Morgan fingerprint density at radius 1 is 1.32 bits per heavy atom. The Morgan fingerprint density at radius 2 is 2.04 bits per heavy atom. The van der Waals surface area contributed by atoms with E-state index in [-0.39, 0.29) is 24.0 Å². The van der Waals surface area contributed by atoms with Gasteiger partial charge in [-0.25, -0.2) is 0 Å². The van der Waals surface area contributed by atoms with Gasteiger partial charge in [-0.3, -0.25) is 9.89 Å². The molecule has 2 heterocycles. The molecule has 0 radical (unpaired) electrons. The van der Waals surface area contributed by atoms with E-state index in [1.165, 1.54) is 4.88 Å². The second kappa shape index (κ2) is 12.1. The Kier molecular flexibility index (Phi) is 11.0. The van der Waals surface area contributed by atoms with E-state index in [1.54, 1.807) is 0 Å². The van der Waals surface area contributed by atoms with Crippen molar-refractivity contribution in [1.82, 2.24) is 15.5 Å². The molecule has 2 N–H and O–H groups in total. The number of nitrogens with one attached hydrogen (secondary N) is 2. The summed E-state index contributed by atoms with van der Waals surface area (Å²) in [4.78, 5) is 8.76. The van der Waals surface area contributed by atoms with Gasteiger partial charge in [-0.2, -0.15) is 0 Å². The molecule has 1 aromatic rings. The second-order valence-corrected chi connectivity index (χ2v) is 7.56. The summed E-state index contributed by atoms with van der Waals surface area (Å²) in [6, 6.07) is 5.07. The number of ether oxygens (including phenoxy) is 1. The van der Waals surface area contributed by atoms with E-state index >= 15 is 0 Å². The number of halogens is 1. The molecule has 1 saturated heterocycles. The molecule has 2 atom stereocenters. The number of hydrogen-bond acceptors (Lipinski definition) is 4. The van der Waals surface area contributed by atoms with Gasteiger partial charge >= 0.3 is 0 Å². The molecule has 5 nitrogen and oxygen atoms in total. The third-order valence-corrected chi connectivity index (χ3v) is 5.46. The van der Waals surface area contributed by atoms with Crippen molar-refractivity contribution >= 4 is 41.3 Å². The lowest BCUT2D eigenvalue weighted by Gasteiger charge is -2.33. The average molecular weight is 480 g/mol. The summed E-state index contributed by atoms with van der Waals surface area (Å²) in [6.45, 7) is 14.0. The lowest BCUT2D eigenvalue weighted by molar-refractivity contribution is 0.0186. The number of thiophene rings is 1. The predicted molar refractivity (Wildman–Crippen MR) is 118 cm³/mol. The maximum absolute atomic E-state index is 5.51. The molecule has 25 heavy (non-hydrogen) atoms. The Labute approximate surface area is 173 Å². The number of hydrogen-bond donors (Lipinski definition) is 2. The van der Waals surface area contributed by atoms with Crippen LogP contribution in [0, 0.1) is 5.92 Å². The lowest BCUT2D eigenvalue weighted by atomic mass is 10.1. The summed E-state index contributed by atoms with van der Waals surface area (Å²) in [5.74, 6) is 1.48. The number of rotatable bonds is 7. The van der Waals surface area contributed by atoms with Crippen molar-refractivity contribution < 1.29 is 4.74 Å². The van der Waals surface area contributed by atoms with Crippen LogP contribution in [0.4, 0.5) is 0 Å². The molecule has 1 fully saturated rings. The van der Waals surface area contributed by atoms with Crippen LogP contribution >= 0.6 is 35.3 Å². The highest BCUT2D eigenvalue weighted by atomic mass is 127. The van der Waals surface area contributed by atoms with Gasteiger partial charge in [0.1, 0.15) is 0 Å². The molecule has 0 bridgehead atoms. The summed E-state index contributed by atoms with van der Waals surface area (Å²) in [6.07, 6.45) is 0. The van der Waals surface area contributed by atoms with Crippen molar-refractivity contribution in [2.75, 3.05) is 39.4 Å². The van der Waals surface area contributed by atoms with Crippen molar-refractivity contribution in [3.63, 3.8) is 0 Å². The summed E-state index contributed by atoms with van der Waals surface area (Å²) >= 11 is 1.82. The van der Waals surface area contributed by atoms with Crippen LogP contribution in [0.3, 0.4) is 0 Å². The van der Waals surface area contributed by atoms with Gasteiger partial charge in [0.15, 0.2) is 5.96 Å². The standard InChI is InChI=1S/C18H32N4OS.HI/c1-5-19-18(21-15(4)14(2)3)20-13-16(17-7-6-12-24-17)22-8-10-23-11-9-22;/h6-7,12,14-16H,5,8-11,13H2,1-4H3,(H2,19,20,21);1H. The minimum absolute atomic E-state index is 0. The first-order chi connectivity index (χ1) is 11.6. The van der Waals surface area contributed by atoms with Crippen LogP contribution in [-0.4, -0.2) is 56.3 Å². The second-order valence-electron chi connectivity index (χ2n) is 6.58. The van der Waals surface area contributed by atoms with Crippen LogP contribution < -0.4 is 10.6 Å².